The Morgan fingerprint density at radius 1 is 0.710 bits per heavy atom. The highest BCUT2D eigenvalue weighted by Crippen LogP contribution is 2.45. The van der Waals surface area contributed by atoms with Gasteiger partial charge in [-0.3, -0.25) is 4.40 Å². The van der Waals surface area contributed by atoms with Crippen LogP contribution in [0.25, 0.3) is 49.7 Å². The van der Waals surface area contributed by atoms with Gasteiger partial charge < -0.3 is 0 Å². The first-order valence-corrected chi connectivity index (χ1v) is 10.7. The molecule has 148 valence electrons. The molecule has 0 atom stereocenters. The van der Waals surface area contributed by atoms with Crippen molar-refractivity contribution in [3.8, 4) is 22.3 Å². The van der Waals surface area contributed by atoms with E-state index >= 15 is 0 Å². The van der Waals surface area contributed by atoms with Crippen LogP contribution in [0.4, 0.5) is 0 Å². The third kappa shape index (κ3) is 2.83. The summed E-state index contributed by atoms with van der Waals surface area (Å²) in [6.45, 7) is 2.12. The second-order valence-corrected chi connectivity index (χ2v) is 8.35. The third-order valence-electron chi connectivity index (χ3n) is 5.88. The van der Waals surface area contributed by atoms with Crippen molar-refractivity contribution in [1.82, 2.24) is 9.38 Å². The number of nitrogens with zero attached hydrogens (tertiary/aromatic N) is 2. The summed E-state index contributed by atoms with van der Waals surface area (Å²) in [5, 5.41) is 2.95. The quantitative estimate of drug-likeness (QED) is 0.279. The molecule has 0 N–H and O–H groups in total. The monoisotopic (exact) mass is 418 g/mol. The highest BCUT2D eigenvalue weighted by Gasteiger charge is 2.21. The Bertz CT molecular complexity index is 1580. The Balaban J connectivity index is 1.95. The van der Waals surface area contributed by atoms with Gasteiger partial charge in [-0.2, -0.15) is 0 Å². The average molecular weight is 419 g/mol. The van der Waals surface area contributed by atoms with Gasteiger partial charge in [-0.25, -0.2) is 4.98 Å². The van der Waals surface area contributed by atoms with Gasteiger partial charge >= 0.3 is 0 Å². The Morgan fingerprint density at radius 2 is 1.39 bits per heavy atom. The molecule has 4 aromatic carbocycles. The van der Waals surface area contributed by atoms with Gasteiger partial charge in [0.05, 0.1) is 11.0 Å². The van der Waals surface area contributed by atoms with Crippen LogP contribution in [0.2, 0.25) is 5.02 Å². The van der Waals surface area contributed by atoms with Crippen molar-refractivity contribution in [3.05, 3.63) is 108 Å². The second kappa shape index (κ2) is 6.97. The first-order chi connectivity index (χ1) is 15.2. The maximum atomic E-state index is 6.50. The number of aryl methyl sites for hydroxylation is 1. The van der Waals surface area contributed by atoms with Crippen molar-refractivity contribution in [2.75, 3.05) is 0 Å². The van der Waals surface area contributed by atoms with Crippen LogP contribution in [0.15, 0.2) is 97.2 Å². The molecule has 0 amide bonds. The largest absolute Gasteiger partial charge is 0.299 e. The molecule has 0 saturated heterocycles. The smallest absolute Gasteiger partial charge is 0.137 e. The Morgan fingerprint density at radius 3 is 2.10 bits per heavy atom. The van der Waals surface area contributed by atoms with E-state index in [2.05, 4.69) is 102 Å². The number of hydrogen-bond donors (Lipinski definition) is 0. The summed E-state index contributed by atoms with van der Waals surface area (Å²) in [7, 11) is 0. The van der Waals surface area contributed by atoms with Crippen LogP contribution < -0.4 is 0 Å². The summed E-state index contributed by atoms with van der Waals surface area (Å²) >= 11 is 6.50. The molecule has 2 aromatic heterocycles. The van der Waals surface area contributed by atoms with Crippen molar-refractivity contribution in [1.29, 1.82) is 0 Å². The SMILES string of the molecule is Cc1ccc2nc3c4ccc(Cl)cc4c(-c4ccccc4)c(-c4ccccc4)c3n2c1. The lowest BCUT2D eigenvalue weighted by Crippen LogP contribution is -1.94. The van der Waals surface area contributed by atoms with E-state index in [1.807, 2.05) is 6.07 Å². The maximum Gasteiger partial charge on any atom is 0.137 e. The first-order valence-electron chi connectivity index (χ1n) is 10.4. The molecule has 0 spiro atoms. The van der Waals surface area contributed by atoms with Crippen molar-refractivity contribution < 1.29 is 0 Å². The van der Waals surface area contributed by atoms with Crippen molar-refractivity contribution in [3.63, 3.8) is 0 Å². The molecule has 6 rings (SSSR count). The van der Waals surface area contributed by atoms with Crippen molar-refractivity contribution in [2.45, 2.75) is 6.92 Å². The van der Waals surface area contributed by atoms with Gasteiger partial charge in [0.15, 0.2) is 0 Å². The van der Waals surface area contributed by atoms with Crippen LogP contribution in [-0.2, 0) is 0 Å². The molecule has 0 radical (unpaired) electrons. The predicted molar refractivity (Wildman–Crippen MR) is 131 cm³/mol. The highest BCUT2D eigenvalue weighted by atomic mass is 35.5. The molecule has 31 heavy (non-hydrogen) atoms. The van der Waals surface area contributed by atoms with Gasteiger partial charge in [0.2, 0.25) is 0 Å². The fourth-order valence-corrected chi connectivity index (χ4v) is 4.72. The molecule has 2 heterocycles. The number of halogens is 1. The van der Waals surface area contributed by atoms with Gasteiger partial charge in [0.1, 0.15) is 5.65 Å². The average Bonchev–Trinajstić information content (AvgIpc) is 3.17. The number of pyridine rings is 1. The molecular weight excluding hydrogens is 400 g/mol. The normalized spacial score (nSPS) is 11.5. The Hall–Kier alpha value is -3.62. The Kier molecular flexibility index (Phi) is 4.09. The third-order valence-corrected chi connectivity index (χ3v) is 6.12. The molecule has 0 saturated carbocycles. The molecule has 0 aliphatic carbocycles. The lowest BCUT2D eigenvalue weighted by atomic mass is 9.88. The molecule has 3 heteroatoms. The first kappa shape index (κ1) is 18.2. The zero-order valence-electron chi connectivity index (χ0n) is 17.0. The summed E-state index contributed by atoms with van der Waals surface area (Å²) in [5.41, 5.74) is 8.95. The zero-order chi connectivity index (χ0) is 20.9. The molecule has 0 unspecified atom stereocenters. The van der Waals surface area contributed by atoms with E-state index in [0.29, 0.717) is 0 Å². The second-order valence-electron chi connectivity index (χ2n) is 7.92. The zero-order valence-corrected chi connectivity index (χ0v) is 17.8. The minimum Gasteiger partial charge on any atom is -0.299 e. The van der Waals surface area contributed by atoms with Gasteiger partial charge in [-0.15, -0.1) is 0 Å². The van der Waals surface area contributed by atoms with E-state index in [1.165, 1.54) is 16.7 Å². The van der Waals surface area contributed by atoms with E-state index in [1.54, 1.807) is 0 Å². The summed E-state index contributed by atoms with van der Waals surface area (Å²) in [5.74, 6) is 0. The maximum absolute atomic E-state index is 6.50. The number of aromatic nitrogens is 2. The summed E-state index contributed by atoms with van der Waals surface area (Å²) in [6, 6.07) is 31.5. The number of rotatable bonds is 2. The topological polar surface area (TPSA) is 17.3 Å². The molecule has 0 fully saturated rings. The van der Waals surface area contributed by atoms with Crippen LogP contribution in [0.1, 0.15) is 5.56 Å². The fourth-order valence-electron chi connectivity index (χ4n) is 4.55. The van der Waals surface area contributed by atoms with Crippen LogP contribution in [0, 0.1) is 6.92 Å². The van der Waals surface area contributed by atoms with E-state index in [-0.39, 0.29) is 0 Å². The van der Waals surface area contributed by atoms with E-state index in [0.717, 1.165) is 43.6 Å². The van der Waals surface area contributed by atoms with E-state index in [4.69, 9.17) is 16.6 Å². The van der Waals surface area contributed by atoms with Crippen LogP contribution in [0.3, 0.4) is 0 Å². The van der Waals surface area contributed by atoms with Gasteiger partial charge in [0, 0.05) is 22.2 Å². The van der Waals surface area contributed by atoms with Crippen LogP contribution in [0.5, 0.6) is 0 Å². The van der Waals surface area contributed by atoms with Crippen molar-refractivity contribution in [2.24, 2.45) is 0 Å². The summed E-state index contributed by atoms with van der Waals surface area (Å²) in [6.07, 6.45) is 2.17. The summed E-state index contributed by atoms with van der Waals surface area (Å²) in [4.78, 5) is 5.05. The molecule has 2 nitrogen and oxygen atoms in total. The lowest BCUT2D eigenvalue weighted by Gasteiger charge is -2.17. The predicted octanol–water partition coefficient (Wildman–Crippen LogP) is 7.94. The highest BCUT2D eigenvalue weighted by molar-refractivity contribution is 6.32. The number of fused-ring (bicyclic) bond motifs is 5. The Labute approximate surface area is 185 Å². The standard InChI is InChI=1S/C28H19ClN2/c1-18-12-15-24-30-27-22-14-13-21(29)16-23(22)25(19-8-4-2-5-9-19)26(28(27)31(24)17-18)20-10-6-3-7-11-20/h2-17H,1H3. The molecule has 6 aromatic rings. The number of imidazole rings is 1. The van der Waals surface area contributed by atoms with E-state index in [9.17, 15) is 0 Å². The van der Waals surface area contributed by atoms with Crippen LogP contribution >= 0.6 is 11.6 Å². The fraction of sp³-hybridized carbons (Fsp3) is 0.0357. The van der Waals surface area contributed by atoms with Gasteiger partial charge in [0.25, 0.3) is 0 Å². The lowest BCUT2D eigenvalue weighted by molar-refractivity contribution is 1.19. The molecule has 0 bridgehead atoms. The van der Waals surface area contributed by atoms with Crippen LogP contribution in [-0.4, -0.2) is 9.38 Å². The number of benzene rings is 4. The summed E-state index contributed by atoms with van der Waals surface area (Å²) < 4.78 is 2.23. The molecule has 0 aliphatic heterocycles. The minimum atomic E-state index is 0.725. The molecular formula is C28H19ClN2. The van der Waals surface area contributed by atoms with E-state index < -0.39 is 0 Å². The van der Waals surface area contributed by atoms with Gasteiger partial charge in [-0.1, -0.05) is 84.4 Å². The minimum absolute atomic E-state index is 0.725. The van der Waals surface area contributed by atoms with Gasteiger partial charge in [-0.05, 0) is 52.8 Å². The van der Waals surface area contributed by atoms with Crippen molar-refractivity contribution >= 4 is 39.1 Å². The number of hydrogen-bond acceptors (Lipinski definition) is 1. The molecule has 0 aliphatic rings.